The maximum Gasteiger partial charge on any atom is 0.258 e. The summed E-state index contributed by atoms with van der Waals surface area (Å²) in [6, 6.07) is 4.74. The van der Waals surface area contributed by atoms with Crippen LogP contribution in [0.3, 0.4) is 0 Å². The van der Waals surface area contributed by atoms with Crippen molar-refractivity contribution in [2.45, 2.75) is 25.9 Å². The Morgan fingerprint density at radius 3 is 2.95 bits per heavy atom. The first-order valence-corrected chi connectivity index (χ1v) is 7.25. The Bertz CT molecular complexity index is 526. The molecule has 1 aromatic rings. The van der Waals surface area contributed by atoms with Crippen molar-refractivity contribution in [1.29, 1.82) is 0 Å². The lowest BCUT2D eigenvalue weighted by molar-refractivity contribution is -0.123. The van der Waals surface area contributed by atoms with Crippen LogP contribution in [0.4, 0.5) is 0 Å². The van der Waals surface area contributed by atoms with Gasteiger partial charge in [0, 0.05) is 18.2 Å². The third-order valence-corrected chi connectivity index (χ3v) is 3.47. The van der Waals surface area contributed by atoms with Crippen LogP contribution in [0.25, 0.3) is 0 Å². The molecule has 0 radical (unpaired) electrons. The Labute approximate surface area is 128 Å². The quantitative estimate of drug-likeness (QED) is 0.818. The van der Waals surface area contributed by atoms with Crippen LogP contribution in [0.15, 0.2) is 18.2 Å². The van der Waals surface area contributed by atoms with Gasteiger partial charge in [0.25, 0.3) is 5.91 Å². The lowest BCUT2D eigenvalue weighted by Crippen LogP contribution is -2.35. The number of hydrogen-bond acceptors (Lipinski definition) is 4. The van der Waals surface area contributed by atoms with Gasteiger partial charge in [-0.2, -0.15) is 0 Å². The van der Waals surface area contributed by atoms with E-state index < -0.39 is 0 Å². The van der Waals surface area contributed by atoms with Gasteiger partial charge in [-0.15, -0.1) is 0 Å². The van der Waals surface area contributed by atoms with Crippen LogP contribution in [-0.2, 0) is 9.53 Å². The highest BCUT2D eigenvalue weighted by molar-refractivity contribution is 6.31. The van der Waals surface area contributed by atoms with Crippen LogP contribution in [-0.4, -0.2) is 37.6 Å². The second kappa shape index (κ2) is 7.43. The predicted octanol–water partition coefficient (Wildman–Crippen LogP) is 2.22. The average molecular weight is 312 g/mol. The summed E-state index contributed by atoms with van der Waals surface area (Å²) in [5.41, 5.74) is 0.370. The van der Waals surface area contributed by atoms with Gasteiger partial charge in [0.05, 0.1) is 11.7 Å². The monoisotopic (exact) mass is 311 g/mol. The van der Waals surface area contributed by atoms with Crippen molar-refractivity contribution in [1.82, 2.24) is 5.32 Å². The van der Waals surface area contributed by atoms with Gasteiger partial charge in [-0.05, 0) is 38.0 Å². The fraction of sp³-hybridized carbons (Fsp3) is 0.467. The van der Waals surface area contributed by atoms with E-state index in [1.165, 1.54) is 13.0 Å². The third kappa shape index (κ3) is 4.72. The van der Waals surface area contributed by atoms with Crippen molar-refractivity contribution in [3.8, 4) is 5.75 Å². The smallest absolute Gasteiger partial charge is 0.258 e. The van der Waals surface area contributed by atoms with E-state index in [4.69, 9.17) is 21.1 Å². The van der Waals surface area contributed by atoms with Crippen molar-refractivity contribution in [3.05, 3.63) is 28.8 Å². The van der Waals surface area contributed by atoms with E-state index in [1.807, 2.05) is 0 Å². The number of nitrogens with one attached hydrogen (secondary N) is 1. The molecule has 1 aromatic carbocycles. The molecule has 6 heteroatoms. The van der Waals surface area contributed by atoms with Gasteiger partial charge in [-0.3, -0.25) is 9.59 Å². The molecule has 1 amide bonds. The lowest BCUT2D eigenvalue weighted by Gasteiger charge is -2.12. The largest absolute Gasteiger partial charge is 0.483 e. The molecule has 21 heavy (non-hydrogen) atoms. The van der Waals surface area contributed by atoms with Crippen LogP contribution in [0.1, 0.15) is 30.1 Å². The molecule has 1 aliphatic heterocycles. The average Bonchev–Trinajstić information content (AvgIpc) is 2.97. The van der Waals surface area contributed by atoms with Gasteiger partial charge in [-0.1, -0.05) is 11.6 Å². The van der Waals surface area contributed by atoms with Crippen LogP contribution in [0.2, 0.25) is 5.02 Å². The number of rotatable bonds is 6. The van der Waals surface area contributed by atoms with Gasteiger partial charge < -0.3 is 14.8 Å². The highest BCUT2D eigenvalue weighted by Gasteiger charge is 2.16. The van der Waals surface area contributed by atoms with E-state index in [9.17, 15) is 9.59 Å². The number of ether oxygens (including phenoxy) is 2. The van der Waals surface area contributed by atoms with E-state index in [2.05, 4.69) is 5.32 Å². The molecule has 0 saturated carbocycles. The molecule has 1 heterocycles. The Morgan fingerprint density at radius 2 is 2.29 bits per heavy atom. The van der Waals surface area contributed by atoms with Crippen molar-refractivity contribution in [2.24, 2.45) is 0 Å². The minimum absolute atomic E-state index is 0.0947. The number of halogens is 1. The summed E-state index contributed by atoms with van der Waals surface area (Å²) in [5, 5.41) is 3.21. The molecular formula is C15H18ClNO4. The topological polar surface area (TPSA) is 64.6 Å². The SMILES string of the molecule is CC(=O)c1cc(Cl)ccc1OCC(=O)NC[C@@H]1CCCO1. The fourth-order valence-corrected chi connectivity index (χ4v) is 2.30. The van der Waals surface area contributed by atoms with Crippen LogP contribution in [0.5, 0.6) is 5.75 Å². The molecule has 2 rings (SSSR count). The number of carbonyl (C=O) groups excluding carboxylic acids is 2. The molecule has 1 aliphatic rings. The van der Waals surface area contributed by atoms with Gasteiger partial charge in [0.15, 0.2) is 12.4 Å². The Morgan fingerprint density at radius 1 is 1.48 bits per heavy atom. The molecule has 0 aromatic heterocycles. The van der Waals surface area contributed by atoms with Crippen LogP contribution >= 0.6 is 11.6 Å². The van der Waals surface area contributed by atoms with Gasteiger partial charge >= 0.3 is 0 Å². The molecule has 1 fully saturated rings. The fourth-order valence-electron chi connectivity index (χ4n) is 2.13. The van der Waals surface area contributed by atoms with E-state index in [0.717, 1.165) is 19.4 Å². The van der Waals surface area contributed by atoms with Crippen LogP contribution in [0, 0.1) is 0 Å². The summed E-state index contributed by atoms with van der Waals surface area (Å²) in [4.78, 5) is 23.2. The number of amides is 1. The predicted molar refractivity (Wildman–Crippen MR) is 78.9 cm³/mol. The standard InChI is InChI=1S/C15H18ClNO4/c1-10(18)13-7-11(16)4-5-14(13)21-9-15(19)17-8-12-3-2-6-20-12/h4-5,7,12H,2-3,6,8-9H2,1H3,(H,17,19)/t12-/m0/s1. The highest BCUT2D eigenvalue weighted by atomic mass is 35.5. The molecule has 5 nitrogen and oxygen atoms in total. The molecule has 1 saturated heterocycles. The number of benzene rings is 1. The Hall–Kier alpha value is -1.59. The molecule has 0 aliphatic carbocycles. The molecule has 1 N–H and O–H groups in total. The van der Waals surface area contributed by atoms with Crippen LogP contribution < -0.4 is 10.1 Å². The molecule has 0 bridgehead atoms. The first-order valence-electron chi connectivity index (χ1n) is 6.88. The minimum Gasteiger partial charge on any atom is -0.483 e. The second-order valence-corrected chi connectivity index (χ2v) is 5.36. The van der Waals surface area contributed by atoms with Crippen molar-refractivity contribution < 1.29 is 19.1 Å². The lowest BCUT2D eigenvalue weighted by atomic mass is 10.1. The minimum atomic E-state index is -0.241. The van der Waals surface area contributed by atoms with E-state index in [0.29, 0.717) is 22.9 Å². The molecule has 0 unspecified atom stereocenters. The Balaban J connectivity index is 1.84. The number of carbonyl (C=O) groups is 2. The number of Topliss-reactive ketones (excluding diaryl/α,β-unsaturated/α-hetero) is 1. The number of ketones is 1. The first-order chi connectivity index (χ1) is 10.1. The van der Waals surface area contributed by atoms with E-state index in [-0.39, 0.29) is 24.4 Å². The van der Waals surface area contributed by atoms with Crippen molar-refractivity contribution >= 4 is 23.3 Å². The normalized spacial score (nSPS) is 17.5. The highest BCUT2D eigenvalue weighted by Crippen LogP contribution is 2.23. The van der Waals surface area contributed by atoms with E-state index in [1.54, 1.807) is 12.1 Å². The molecule has 0 spiro atoms. The third-order valence-electron chi connectivity index (χ3n) is 3.23. The molecular weight excluding hydrogens is 294 g/mol. The zero-order valence-corrected chi connectivity index (χ0v) is 12.6. The maximum absolute atomic E-state index is 11.7. The van der Waals surface area contributed by atoms with Crippen molar-refractivity contribution in [3.63, 3.8) is 0 Å². The van der Waals surface area contributed by atoms with Gasteiger partial charge in [-0.25, -0.2) is 0 Å². The van der Waals surface area contributed by atoms with Gasteiger partial charge in [0.1, 0.15) is 5.75 Å². The van der Waals surface area contributed by atoms with E-state index >= 15 is 0 Å². The summed E-state index contributed by atoms with van der Waals surface area (Å²) < 4.78 is 10.8. The van der Waals surface area contributed by atoms with Gasteiger partial charge in [0.2, 0.25) is 0 Å². The molecule has 1 atom stereocenters. The zero-order chi connectivity index (χ0) is 15.2. The molecule has 114 valence electrons. The summed E-state index contributed by atoms with van der Waals surface area (Å²) >= 11 is 5.85. The first kappa shape index (κ1) is 15.8. The Kier molecular flexibility index (Phi) is 5.59. The zero-order valence-electron chi connectivity index (χ0n) is 11.9. The summed E-state index contributed by atoms with van der Waals surface area (Å²) in [6.45, 7) is 2.52. The summed E-state index contributed by atoms with van der Waals surface area (Å²) in [5.74, 6) is -0.0404. The van der Waals surface area contributed by atoms with Crippen molar-refractivity contribution in [2.75, 3.05) is 19.8 Å². The second-order valence-electron chi connectivity index (χ2n) is 4.92. The maximum atomic E-state index is 11.7. The summed E-state index contributed by atoms with van der Waals surface area (Å²) in [7, 11) is 0. The number of hydrogen-bond donors (Lipinski definition) is 1. The summed E-state index contributed by atoms with van der Waals surface area (Å²) in [6.07, 6.45) is 2.09.